The Morgan fingerprint density at radius 2 is 1.83 bits per heavy atom. The van der Waals surface area contributed by atoms with Crippen molar-refractivity contribution in [1.82, 2.24) is 5.32 Å². The van der Waals surface area contributed by atoms with E-state index in [1.807, 2.05) is 12.1 Å². The van der Waals surface area contributed by atoms with Crippen molar-refractivity contribution in [3.63, 3.8) is 0 Å². The van der Waals surface area contributed by atoms with Crippen LogP contribution in [0.1, 0.15) is 32.8 Å². The molecular weight excluding hydrogens is 226 g/mol. The fourth-order valence-corrected chi connectivity index (χ4v) is 1.65. The van der Waals surface area contributed by atoms with Crippen molar-refractivity contribution in [2.45, 2.75) is 32.6 Å². The molecule has 1 rings (SSSR count). The van der Waals surface area contributed by atoms with E-state index < -0.39 is 0 Å². The van der Waals surface area contributed by atoms with Gasteiger partial charge in [0.1, 0.15) is 12.4 Å². The van der Waals surface area contributed by atoms with Gasteiger partial charge in [-0.3, -0.25) is 0 Å². The van der Waals surface area contributed by atoms with Crippen molar-refractivity contribution in [3.8, 4) is 5.75 Å². The van der Waals surface area contributed by atoms with Crippen LogP contribution < -0.4 is 10.1 Å². The molecule has 0 spiro atoms. The molecule has 0 heterocycles. The summed E-state index contributed by atoms with van der Waals surface area (Å²) in [6.45, 7) is 8.87. The summed E-state index contributed by atoms with van der Waals surface area (Å²) >= 11 is 0. The van der Waals surface area contributed by atoms with Crippen LogP contribution in [0.4, 0.5) is 0 Å². The highest BCUT2D eigenvalue weighted by molar-refractivity contribution is 5.31. The predicted molar refractivity (Wildman–Crippen MR) is 75.2 cm³/mol. The fraction of sp³-hybridized carbons (Fsp3) is 0.600. The summed E-state index contributed by atoms with van der Waals surface area (Å²) < 4.78 is 5.61. The zero-order valence-electron chi connectivity index (χ0n) is 11.7. The molecule has 102 valence electrons. The summed E-state index contributed by atoms with van der Waals surface area (Å²) in [5.41, 5.74) is 1.57. The summed E-state index contributed by atoms with van der Waals surface area (Å²) in [5.74, 6) is 0.899. The number of ether oxygens (including phenoxy) is 1. The van der Waals surface area contributed by atoms with E-state index in [1.54, 1.807) is 0 Å². The molecule has 0 aliphatic heterocycles. The lowest BCUT2D eigenvalue weighted by Crippen LogP contribution is -2.24. The van der Waals surface area contributed by atoms with Gasteiger partial charge >= 0.3 is 0 Å². The maximum absolute atomic E-state index is 8.61. The van der Waals surface area contributed by atoms with E-state index in [2.05, 4.69) is 38.2 Å². The molecule has 3 heteroatoms. The van der Waals surface area contributed by atoms with Crippen LogP contribution >= 0.6 is 0 Å². The second-order valence-corrected chi connectivity index (χ2v) is 5.08. The number of aliphatic hydroxyl groups is 1. The van der Waals surface area contributed by atoms with E-state index in [-0.39, 0.29) is 12.0 Å². The van der Waals surface area contributed by atoms with Gasteiger partial charge in [-0.15, -0.1) is 0 Å². The smallest absolute Gasteiger partial charge is 0.119 e. The van der Waals surface area contributed by atoms with Crippen LogP contribution in [0.5, 0.6) is 5.75 Å². The molecule has 3 nitrogen and oxygen atoms in total. The number of hydrogen-bond acceptors (Lipinski definition) is 3. The lowest BCUT2D eigenvalue weighted by atomic mass is 9.82. The molecule has 0 saturated heterocycles. The number of aliphatic hydroxyl groups excluding tert-OH is 1. The van der Waals surface area contributed by atoms with Crippen LogP contribution in [0.25, 0.3) is 0 Å². The second kappa shape index (κ2) is 7.39. The molecule has 0 fully saturated rings. The summed E-state index contributed by atoms with van der Waals surface area (Å²) in [4.78, 5) is 0. The van der Waals surface area contributed by atoms with Crippen LogP contribution in [0.2, 0.25) is 0 Å². The van der Waals surface area contributed by atoms with Crippen LogP contribution in [0, 0.1) is 0 Å². The minimum Gasteiger partial charge on any atom is -0.492 e. The lowest BCUT2D eigenvalue weighted by Gasteiger charge is -2.23. The Labute approximate surface area is 110 Å². The SMILES string of the molecule is CCC(C)(C)c1ccc(OCCNCCO)cc1. The van der Waals surface area contributed by atoms with Crippen molar-refractivity contribution in [1.29, 1.82) is 0 Å². The van der Waals surface area contributed by atoms with Crippen molar-refractivity contribution < 1.29 is 9.84 Å². The number of benzene rings is 1. The first-order valence-corrected chi connectivity index (χ1v) is 6.65. The third-order valence-corrected chi connectivity index (χ3v) is 3.36. The molecule has 0 bridgehead atoms. The van der Waals surface area contributed by atoms with E-state index in [0.29, 0.717) is 13.2 Å². The summed E-state index contributed by atoms with van der Waals surface area (Å²) in [5, 5.41) is 11.7. The zero-order valence-corrected chi connectivity index (χ0v) is 11.7. The number of nitrogens with one attached hydrogen (secondary N) is 1. The van der Waals surface area contributed by atoms with Gasteiger partial charge in [0, 0.05) is 13.1 Å². The average molecular weight is 251 g/mol. The quantitative estimate of drug-likeness (QED) is 0.697. The Kier molecular flexibility index (Phi) is 6.16. The van der Waals surface area contributed by atoms with E-state index in [0.717, 1.165) is 18.7 Å². The minimum atomic E-state index is 0.167. The Balaban J connectivity index is 2.41. The zero-order chi connectivity index (χ0) is 13.4. The normalized spacial score (nSPS) is 11.6. The number of rotatable bonds is 8. The molecule has 0 aliphatic rings. The van der Waals surface area contributed by atoms with Crippen LogP contribution in [0.3, 0.4) is 0 Å². The van der Waals surface area contributed by atoms with Crippen LogP contribution in [-0.2, 0) is 5.41 Å². The van der Waals surface area contributed by atoms with E-state index in [4.69, 9.17) is 9.84 Å². The van der Waals surface area contributed by atoms with Gasteiger partial charge in [0.05, 0.1) is 6.61 Å². The molecule has 1 aromatic rings. The van der Waals surface area contributed by atoms with E-state index in [9.17, 15) is 0 Å². The molecule has 0 unspecified atom stereocenters. The topological polar surface area (TPSA) is 41.5 Å². The first-order chi connectivity index (χ1) is 8.60. The molecule has 0 amide bonds. The third kappa shape index (κ3) is 4.67. The molecule has 0 radical (unpaired) electrons. The molecule has 18 heavy (non-hydrogen) atoms. The first-order valence-electron chi connectivity index (χ1n) is 6.65. The van der Waals surface area contributed by atoms with Crippen molar-refractivity contribution in [2.24, 2.45) is 0 Å². The van der Waals surface area contributed by atoms with Gasteiger partial charge < -0.3 is 15.2 Å². The first kappa shape index (κ1) is 15.0. The van der Waals surface area contributed by atoms with Gasteiger partial charge in [-0.05, 0) is 29.5 Å². The van der Waals surface area contributed by atoms with Gasteiger partial charge in [-0.1, -0.05) is 32.9 Å². The van der Waals surface area contributed by atoms with Crippen molar-refractivity contribution in [2.75, 3.05) is 26.3 Å². The summed E-state index contributed by atoms with van der Waals surface area (Å²) in [6.07, 6.45) is 1.12. The monoisotopic (exact) mass is 251 g/mol. The van der Waals surface area contributed by atoms with Gasteiger partial charge in [0.15, 0.2) is 0 Å². The highest BCUT2D eigenvalue weighted by Crippen LogP contribution is 2.27. The standard InChI is InChI=1S/C15H25NO2/c1-4-15(2,3)13-5-7-14(8-6-13)18-12-10-16-9-11-17/h5-8,16-17H,4,9-12H2,1-3H3. The van der Waals surface area contributed by atoms with Gasteiger partial charge in [-0.25, -0.2) is 0 Å². The molecule has 0 saturated carbocycles. The Hall–Kier alpha value is -1.06. The van der Waals surface area contributed by atoms with Gasteiger partial charge in [-0.2, -0.15) is 0 Å². The molecule has 0 atom stereocenters. The average Bonchev–Trinajstić information content (AvgIpc) is 2.39. The third-order valence-electron chi connectivity index (χ3n) is 3.36. The lowest BCUT2D eigenvalue weighted by molar-refractivity contribution is 0.276. The minimum absolute atomic E-state index is 0.167. The molecule has 0 aromatic heterocycles. The maximum atomic E-state index is 8.61. The molecule has 2 N–H and O–H groups in total. The Bertz CT molecular complexity index is 333. The predicted octanol–water partition coefficient (Wildman–Crippen LogP) is 2.33. The maximum Gasteiger partial charge on any atom is 0.119 e. The summed E-state index contributed by atoms with van der Waals surface area (Å²) in [6, 6.07) is 8.33. The number of hydrogen-bond donors (Lipinski definition) is 2. The highest BCUT2D eigenvalue weighted by atomic mass is 16.5. The second-order valence-electron chi connectivity index (χ2n) is 5.08. The highest BCUT2D eigenvalue weighted by Gasteiger charge is 2.17. The van der Waals surface area contributed by atoms with Crippen molar-refractivity contribution in [3.05, 3.63) is 29.8 Å². The van der Waals surface area contributed by atoms with Crippen LogP contribution in [-0.4, -0.2) is 31.4 Å². The molecular formula is C15H25NO2. The van der Waals surface area contributed by atoms with Gasteiger partial charge in [0.2, 0.25) is 0 Å². The van der Waals surface area contributed by atoms with Crippen molar-refractivity contribution >= 4 is 0 Å². The summed E-state index contributed by atoms with van der Waals surface area (Å²) in [7, 11) is 0. The molecule has 0 aliphatic carbocycles. The van der Waals surface area contributed by atoms with Crippen LogP contribution in [0.15, 0.2) is 24.3 Å². The Morgan fingerprint density at radius 3 is 2.39 bits per heavy atom. The molecule has 1 aromatic carbocycles. The van der Waals surface area contributed by atoms with E-state index in [1.165, 1.54) is 5.56 Å². The van der Waals surface area contributed by atoms with E-state index >= 15 is 0 Å². The fourth-order valence-electron chi connectivity index (χ4n) is 1.65. The Morgan fingerprint density at radius 1 is 1.17 bits per heavy atom. The van der Waals surface area contributed by atoms with Gasteiger partial charge in [0.25, 0.3) is 0 Å². The largest absolute Gasteiger partial charge is 0.492 e.